The Labute approximate surface area is 126 Å². The van der Waals surface area contributed by atoms with Crippen LogP contribution in [-0.2, 0) is 0 Å². The van der Waals surface area contributed by atoms with Gasteiger partial charge in [0.05, 0.1) is 0 Å². The maximum Gasteiger partial charge on any atom is 0.272 e. The van der Waals surface area contributed by atoms with Gasteiger partial charge in [-0.2, -0.15) is 0 Å². The molecule has 0 radical (unpaired) electrons. The van der Waals surface area contributed by atoms with Gasteiger partial charge in [0.2, 0.25) is 0 Å². The van der Waals surface area contributed by atoms with Gasteiger partial charge in [-0.15, -0.1) is 0 Å². The Morgan fingerprint density at radius 3 is 2.62 bits per heavy atom. The van der Waals surface area contributed by atoms with Crippen molar-refractivity contribution in [2.45, 2.75) is 33.2 Å². The fourth-order valence-electron chi connectivity index (χ4n) is 2.56. The SMILES string of the molecule is CC(C)CC(C)N(C)C(=O)c1cc2ccccc2c(N)n1. The summed E-state index contributed by atoms with van der Waals surface area (Å²) < 4.78 is 0. The number of carbonyl (C=O) groups is 1. The van der Waals surface area contributed by atoms with Gasteiger partial charge in [0.25, 0.3) is 5.91 Å². The van der Waals surface area contributed by atoms with Gasteiger partial charge in [-0.25, -0.2) is 4.98 Å². The van der Waals surface area contributed by atoms with Crippen LogP contribution in [0.1, 0.15) is 37.7 Å². The first-order chi connectivity index (χ1) is 9.90. The van der Waals surface area contributed by atoms with Crippen LogP contribution in [0, 0.1) is 5.92 Å². The summed E-state index contributed by atoms with van der Waals surface area (Å²) in [5, 5.41) is 1.82. The van der Waals surface area contributed by atoms with E-state index >= 15 is 0 Å². The molecule has 21 heavy (non-hydrogen) atoms. The van der Waals surface area contributed by atoms with Crippen LogP contribution in [0.5, 0.6) is 0 Å². The monoisotopic (exact) mass is 285 g/mol. The van der Waals surface area contributed by atoms with Gasteiger partial charge in [0.15, 0.2) is 0 Å². The lowest BCUT2D eigenvalue weighted by atomic mass is 10.0. The minimum absolute atomic E-state index is 0.0828. The maximum atomic E-state index is 12.6. The number of nitrogens with zero attached hydrogens (tertiary/aromatic N) is 2. The van der Waals surface area contributed by atoms with Gasteiger partial charge in [-0.1, -0.05) is 38.1 Å². The molecule has 0 spiro atoms. The van der Waals surface area contributed by atoms with Crippen LogP contribution >= 0.6 is 0 Å². The van der Waals surface area contributed by atoms with E-state index in [2.05, 4.69) is 25.8 Å². The van der Waals surface area contributed by atoms with Crippen LogP contribution in [0.2, 0.25) is 0 Å². The molecule has 112 valence electrons. The third-order valence-electron chi connectivity index (χ3n) is 3.78. The molecule has 2 rings (SSSR count). The molecule has 1 atom stereocenters. The number of nitrogen functional groups attached to an aromatic ring is 1. The second-order valence-corrected chi connectivity index (χ2v) is 6.01. The van der Waals surface area contributed by atoms with Crippen LogP contribution in [0.15, 0.2) is 30.3 Å². The molecule has 4 heteroatoms. The quantitative estimate of drug-likeness (QED) is 0.937. The van der Waals surface area contributed by atoms with E-state index in [1.165, 1.54) is 0 Å². The first-order valence-corrected chi connectivity index (χ1v) is 7.32. The van der Waals surface area contributed by atoms with Crippen molar-refractivity contribution in [1.82, 2.24) is 9.88 Å². The lowest BCUT2D eigenvalue weighted by Gasteiger charge is -2.26. The molecule has 2 N–H and O–H groups in total. The fraction of sp³-hybridized carbons (Fsp3) is 0.412. The molecule has 1 aromatic carbocycles. The fourth-order valence-corrected chi connectivity index (χ4v) is 2.56. The number of pyridine rings is 1. The van der Waals surface area contributed by atoms with Crippen molar-refractivity contribution in [2.24, 2.45) is 5.92 Å². The van der Waals surface area contributed by atoms with Crippen molar-refractivity contribution in [3.8, 4) is 0 Å². The molecule has 1 heterocycles. The van der Waals surface area contributed by atoms with Crippen molar-refractivity contribution in [1.29, 1.82) is 0 Å². The Kier molecular flexibility index (Phi) is 4.46. The lowest BCUT2D eigenvalue weighted by Crippen LogP contribution is -2.36. The number of aromatic nitrogens is 1. The number of benzene rings is 1. The van der Waals surface area contributed by atoms with Crippen molar-refractivity contribution in [2.75, 3.05) is 12.8 Å². The summed E-state index contributed by atoms with van der Waals surface area (Å²) in [6.45, 7) is 6.37. The van der Waals surface area contributed by atoms with Crippen molar-refractivity contribution < 1.29 is 4.79 Å². The summed E-state index contributed by atoms with van der Waals surface area (Å²) in [6.07, 6.45) is 0.964. The molecule has 1 aromatic heterocycles. The third-order valence-corrected chi connectivity index (χ3v) is 3.78. The summed E-state index contributed by atoms with van der Waals surface area (Å²) in [5.41, 5.74) is 6.38. The number of fused-ring (bicyclic) bond motifs is 1. The Morgan fingerprint density at radius 1 is 1.29 bits per heavy atom. The number of carbonyl (C=O) groups excluding carboxylic acids is 1. The van der Waals surface area contributed by atoms with E-state index in [4.69, 9.17) is 5.73 Å². The van der Waals surface area contributed by atoms with E-state index in [9.17, 15) is 4.79 Å². The topological polar surface area (TPSA) is 59.2 Å². The molecule has 0 aliphatic carbocycles. The predicted molar refractivity (Wildman–Crippen MR) is 87.2 cm³/mol. The first kappa shape index (κ1) is 15.3. The van der Waals surface area contributed by atoms with E-state index in [0.717, 1.165) is 17.2 Å². The maximum absolute atomic E-state index is 12.6. The Bertz CT molecular complexity index is 652. The molecule has 4 nitrogen and oxygen atoms in total. The van der Waals surface area contributed by atoms with Gasteiger partial charge in [0.1, 0.15) is 11.5 Å². The largest absolute Gasteiger partial charge is 0.383 e. The van der Waals surface area contributed by atoms with Crippen LogP contribution in [-0.4, -0.2) is 28.9 Å². The Morgan fingerprint density at radius 2 is 1.95 bits per heavy atom. The predicted octanol–water partition coefficient (Wildman–Crippen LogP) is 3.32. The van der Waals surface area contributed by atoms with E-state index in [0.29, 0.717) is 17.4 Å². The van der Waals surface area contributed by atoms with Gasteiger partial charge < -0.3 is 10.6 Å². The zero-order chi connectivity index (χ0) is 15.6. The van der Waals surface area contributed by atoms with E-state index in [1.54, 1.807) is 4.90 Å². The average molecular weight is 285 g/mol. The van der Waals surface area contributed by atoms with Crippen LogP contribution in [0.25, 0.3) is 10.8 Å². The van der Waals surface area contributed by atoms with Crippen molar-refractivity contribution in [3.05, 3.63) is 36.0 Å². The minimum Gasteiger partial charge on any atom is -0.383 e. The highest BCUT2D eigenvalue weighted by atomic mass is 16.2. The number of anilines is 1. The molecule has 0 aliphatic heterocycles. The van der Waals surface area contributed by atoms with Gasteiger partial charge in [-0.05, 0) is 30.7 Å². The van der Waals surface area contributed by atoms with Gasteiger partial charge in [0, 0.05) is 18.5 Å². The summed E-state index contributed by atoms with van der Waals surface area (Å²) in [6, 6.07) is 9.69. The first-order valence-electron chi connectivity index (χ1n) is 7.32. The number of rotatable bonds is 4. The molecule has 1 unspecified atom stereocenters. The number of hydrogen-bond donors (Lipinski definition) is 1. The average Bonchev–Trinajstić information content (AvgIpc) is 2.45. The highest BCUT2D eigenvalue weighted by Gasteiger charge is 2.20. The van der Waals surface area contributed by atoms with Crippen LogP contribution < -0.4 is 5.73 Å². The van der Waals surface area contributed by atoms with E-state index in [1.807, 2.05) is 37.4 Å². The molecule has 0 aliphatic rings. The summed E-state index contributed by atoms with van der Waals surface area (Å²) in [5.74, 6) is 0.867. The summed E-state index contributed by atoms with van der Waals surface area (Å²) >= 11 is 0. The molecule has 0 bridgehead atoms. The standard InChI is InChI=1S/C17H23N3O/c1-11(2)9-12(3)20(4)17(21)15-10-13-7-5-6-8-14(13)16(18)19-15/h5-8,10-12H,9H2,1-4H3,(H2,18,19). The third kappa shape index (κ3) is 3.32. The molecular formula is C17H23N3O. The molecule has 1 amide bonds. The Balaban J connectivity index is 2.31. The molecule has 0 saturated heterocycles. The highest BCUT2D eigenvalue weighted by Crippen LogP contribution is 2.21. The highest BCUT2D eigenvalue weighted by molar-refractivity contribution is 5.99. The zero-order valence-electron chi connectivity index (χ0n) is 13.1. The van der Waals surface area contributed by atoms with Gasteiger partial charge >= 0.3 is 0 Å². The molecule has 2 aromatic rings. The smallest absolute Gasteiger partial charge is 0.272 e. The molecule has 0 fully saturated rings. The summed E-state index contributed by atoms with van der Waals surface area (Å²) in [7, 11) is 1.82. The minimum atomic E-state index is -0.0828. The van der Waals surface area contributed by atoms with Crippen molar-refractivity contribution in [3.63, 3.8) is 0 Å². The lowest BCUT2D eigenvalue weighted by molar-refractivity contribution is 0.0722. The number of amides is 1. The number of nitrogens with two attached hydrogens (primary N) is 1. The zero-order valence-corrected chi connectivity index (χ0v) is 13.1. The summed E-state index contributed by atoms with van der Waals surface area (Å²) in [4.78, 5) is 18.6. The molecular weight excluding hydrogens is 262 g/mol. The van der Waals surface area contributed by atoms with Crippen LogP contribution in [0.3, 0.4) is 0 Å². The number of hydrogen-bond acceptors (Lipinski definition) is 3. The van der Waals surface area contributed by atoms with Crippen molar-refractivity contribution >= 4 is 22.5 Å². The van der Waals surface area contributed by atoms with Gasteiger partial charge in [-0.3, -0.25) is 4.79 Å². The van der Waals surface area contributed by atoms with E-state index in [-0.39, 0.29) is 11.9 Å². The second kappa shape index (κ2) is 6.12. The second-order valence-electron chi connectivity index (χ2n) is 6.01. The van der Waals surface area contributed by atoms with E-state index < -0.39 is 0 Å². The normalized spacial score (nSPS) is 12.6. The molecule has 0 saturated carbocycles. The van der Waals surface area contributed by atoms with Crippen LogP contribution in [0.4, 0.5) is 5.82 Å². The Hall–Kier alpha value is -2.10.